The van der Waals surface area contributed by atoms with Crippen molar-refractivity contribution in [3.05, 3.63) is 51.9 Å². The smallest absolute Gasteiger partial charge is 0.248 e. The number of amides is 1. The molecule has 0 radical (unpaired) electrons. The van der Waals surface area contributed by atoms with Gasteiger partial charge in [0.15, 0.2) is 0 Å². The summed E-state index contributed by atoms with van der Waals surface area (Å²) in [5.41, 5.74) is 14.5. The van der Waals surface area contributed by atoms with Gasteiger partial charge >= 0.3 is 0 Å². The summed E-state index contributed by atoms with van der Waals surface area (Å²) >= 11 is 0. The molecule has 1 amide bonds. The fourth-order valence-corrected chi connectivity index (χ4v) is 1.03. The zero-order valence-corrected chi connectivity index (χ0v) is 8.00. The molecule has 0 saturated heterocycles. The first-order chi connectivity index (χ1) is 7.24. The zero-order valence-electron chi connectivity index (χ0n) is 8.00. The molecule has 0 spiro atoms. The molecule has 0 aromatic heterocycles. The number of hydrogen-bond donors (Lipinski definition) is 1. The fraction of sp³-hybridized carbons (Fsp3) is 0.100. The molecule has 0 aliphatic rings. The Bertz CT molecular complexity index is 416. The average molecular weight is 202 g/mol. The van der Waals surface area contributed by atoms with Crippen molar-refractivity contribution in [2.24, 2.45) is 10.8 Å². The van der Waals surface area contributed by atoms with Crippen molar-refractivity contribution in [1.29, 1.82) is 0 Å². The second-order valence-electron chi connectivity index (χ2n) is 2.80. The van der Waals surface area contributed by atoms with Crippen LogP contribution >= 0.6 is 0 Å². The molecule has 0 bridgehead atoms. The Labute approximate surface area is 86.8 Å². The molecule has 5 nitrogen and oxygen atoms in total. The van der Waals surface area contributed by atoms with Gasteiger partial charge in [0.1, 0.15) is 0 Å². The quantitative estimate of drug-likeness (QED) is 0.452. The molecule has 0 unspecified atom stereocenters. The van der Waals surface area contributed by atoms with E-state index in [-0.39, 0.29) is 0 Å². The number of rotatable bonds is 4. The zero-order chi connectivity index (χ0) is 11.1. The molecular weight excluding hydrogens is 192 g/mol. The van der Waals surface area contributed by atoms with Crippen LogP contribution in [0.1, 0.15) is 15.9 Å². The predicted octanol–water partition coefficient (Wildman–Crippen LogP) is 2.11. The van der Waals surface area contributed by atoms with Gasteiger partial charge in [0.05, 0.1) is 0 Å². The monoisotopic (exact) mass is 202 g/mol. The first kappa shape index (κ1) is 10.8. The second-order valence-corrected chi connectivity index (χ2v) is 2.80. The molecule has 0 atom stereocenters. The maximum Gasteiger partial charge on any atom is 0.248 e. The van der Waals surface area contributed by atoms with Crippen molar-refractivity contribution in [2.45, 2.75) is 0 Å². The molecule has 0 heterocycles. The summed E-state index contributed by atoms with van der Waals surface area (Å²) in [4.78, 5) is 13.4. The van der Waals surface area contributed by atoms with E-state index in [4.69, 9.17) is 11.3 Å². The van der Waals surface area contributed by atoms with Gasteiger partial charge in [-0.3, -0.25) is 4.79 Å². The van der Waals surface area contributed by atoms with E-state index in [1.54, 1.807) is 36.4 Å². The SMILES string of the molecule is [N-]=[N+]=NCC=Cc1ccc(C(N)=O)cc1. The van der Waals surface area contributed by atoms with Crippen molar-refractivity contribution in [3.63, 3.8) is 0 Å². The van der Waals surface area contributed by atoms with Gasteiger partial charge in [-0.1, -0.05) is 29.4 Å². The summed E-state index contributed by atoms with van der Waals surface area (Å²) in [6, 6.07) is 6.84. The maximum absolute atomic E-state index is 10.8. The first-order valence-corrected chi connectivity index (χ1v) is 4.31. The van der Waals surface area contributed by atoms with Crippen LogP contribution in [0.25, 0.3) is 16.5 Å². The number of nitrogens with two attached hydrogens (primary N) is 1. The van der Waals surface area contributed by atoms with Gasteiger partial charge in [-0.25, -0.2) is 0 Å². The summed E-state index contributed by atoms with van der Waals surface area (Å²) in [6.07, 6.45) is 3.54. The van der Waals surface area contributed by atoms with Crippen LogP contribution in [0.5, 0.6) is 0 Å². The van der Waals surface area contributed by atoms with Crippen LogP contribution < -0.4 is 5.73 Å². The van der Waals surface area contributed by atoms with E-state index in [1.807, 2.05) is 0 Å². The Kier molecular flexibility index (Phi) is 3.94. The molecule has 1 aromatic rings. The molecule has 15 heavy (non-hydrogen) atoms. The molecule has 0 saturated carbocycles. The van der Waals surface area contributed by atoms with E-state index in [1.165, 1.54) is 0 Å². The number of nitrogens with zero attached hydrogens (tertiary/aromatic N) is 3. The average Bonchev–Trinajstić information content (AvgIpc) is 2.25. The fourth-order valence-electron chi connectivity index (χ4n) is 1.03. The molecule has 0 aliphatic carbocycles. The Morgan fingerprint density at radius 1 is 1.47 bits per heavy atom. The van der Waals surface area contributed by atoms with Gasteiger partial charge < -0.3 is 5.73 Å². The third kappa shape index (κ3) is 3.54. The Morgan fingerprint density at radius 2 is 2.13 bits per heavy atom. The van der Waals surface area contributed by atoms with Crippen molar-refractivity contribution in [2.75, 3.05) is 6.54 Å². The standard InChI is InChI=1S/C10H10N4O/c11-10(15)9-5-3-8(4-6-9)2-1-7-13-14-12/h1-6H,7H2,(H2,11,15). The van der Waals surface area contributed by atoms with E-state index in [0.717, 1.165) is 5.56 Å². The topological polar surface area (TPSA) is 91.8 Å². The lowest BCUT2D eigenvalue weighted by molar-refractivity contribution is 0.100. The van der Waals surface area contributed by atoms with E-state index in [9.17, 15) is 4.79 Å². The van der Waals surface area contributed by atoms with Gasteiger partial charge in [-0.05, 0) is 23.2 Å². The Hall–Kier alpha value is -2.26. The Balaban J connectivity index is 2.68. The van der Waals surface area contributed by atoms with Crippen LogP contribution in [0.4, 0.5) is 0 Å². The van der Waals surface area contributed by atoms with Crippen molar-refractivity contribution < 1.29 is 4.79 Å². The van der Waals surface area contributed by atoms with Gasteiger partial charge in [-0.15, -0.1) is 0 Å². The molecule has 2 N–H and O–H groups in total. The number of hydrogen-bond acceptors (Lipinski definition) is 2. The number of carbonyl (C=O) groups is 1. The summed E-state index contributed by atoms with van der Waals surface area (Å²) in [7, 11) is 0. The van der Waals surface area contributed by atoms with Crippen molar-refractivity contribution >= 4 is 12.0 Å². The van der Waals surface area contributed by atoms with E-state index < -0.39 is 5.91 Å². The Morgan fingerprint density at radius 3 is 2.67 bits per heavy atom. The van der Waals surface area contributed by atoms with Crippen LogP contribution in [0.2, 0.25) is 0 Å². The predicted molar refractivity (Wildman–Crippen MR) is 58.0 cm³/mol. The molecule has 1 aromatic carbocycles. The van der Waals surface area contributed by atoms with E-state index in [2.05, 4.69) is 10.0 Å². The first-order valence-electron chi connectivity index (χ1n) is 4.31. The normalized spacial score (nSPS) is 9.87. The van der Waals surface area contributed by atoms with Crippen LogP contribution in [0.3, 0.4) is 0 Å². The number of benzene rings is 1. The molecule has 1 rings (SSSR count). The lowest BCUT2D eigenvalue weighted by atomic mass is 10.1. The molecular formula is C10H10N4O. The third-order valence-corrected chi connectivity index (χ3v) is 1.76. The second kappa shape index (κ2) is 5.47. The lowest BCUT2D eigenvalue weighted by Crippen LogP contribution is -2.10. The summed E-state index contributed by atoms with van der Waals surface area (Å²) in [5.74, 6) is -0.445. The highest BCUT2D eigenvalue weighted by atomic mass is 16.1. The minimum Gasteiger partial charge on any atom is -0.366 e. The van der Waals surface area contributed by atoms with Crippen molar-refractivity contribution in [3.8, 4) is 0 Å². The van der Waals surface area contributed by atoms with Crippen LogP contribution in [-0.2, 0) is 0 Å². The highest BCUT2D eigenvalue weighted by Gasteiger charge is 1.97. The van der Waals surface area contributed by atoms with Crippen molar-refractivity contribution in [1.82, 2.24) is 0 Å². The van der Waals surface area contributed by atoms with Gasteiger partial charge in [0.2, 0.25) is 5.91 Å². The maximum atomic E-state index is 10.8. The van der Waals surface area contributed by atoms with Gasteiger partial charge in [0, 0.05) is 17.0 Å². The van der Waals surface area contributed by atoms with Crippen LogP contribution in [-0.4, -0.2) is 12.5 Å². The van der Waals surface area contributed by atoms with Crippen LogP contribution in [0.15, 0.2) is 35.5 Å². The summed E-state index contributed by atoms with van der Waals surface area (Å²) in [5, 5.41) is 3.35. The van der Waals surface area contributed by atoms with Gasteiger partial charge in [0.25, 0.3) is 0 Å². The molecule has 0 fully saturated rings. The van der Waals surface area contributed by atoms with E-state index >= 15 is 0 Å². The third-order valence-electron chi connectivity index (χ3n) is 1.76. The molecule has 5 heteroatoms. The number of azide groups is 1. The minimum atomic E-state index is -0.445. The van der Waals surface area contributed by atoms with E-state index in [0.29, 0.717) is 12.1 Å². The lowest BCUT2D eigenvalue weighted by Gasteiger charge is -1.95. The highest BCUT2D eigenvalue weighted by molar-refractivity contribution is 5.92. The summed E-state index contributed by atoms with van der Waals surface area (Å²) < 4.78 is 0. The molecule has 76 valence electrons. The minimum absolute atomic E-state index is 0.314. The van der Waals surface area contributed by atoms with Gasteiger partial charge in [-0.2, -0.15) is 0 Å². The summed E-state index contributed by atoms with van der Waals surface area (Å²) in [6.45, 7) is 0.314. The largest absolute Gasteiger partial charge is 0.366 e. The van der Waals surface area contributed by atoms with Crippen LogP contribution in [0, 0.1) is 0 Å². The highest BCUT2D eigenvalue weighted by Crippen LogP contribution is 2.05. The number of carbonyl (C=O) groups excluding carboxylic acids is 1. The number of primary amides is 1. The molecule has 0 aliphatic heterocycles.